The largest absolute Gasteiger partial charge is 0.381 e. The first-order valence-electron chi connectivity index (χ1n) is 9.93. The van der Waals surface area contributed by atoms with Crippen LogP contribution in [0.25, 0.3) is 21.6 Å². The highest BCUT2D eigenvalue weighted by atomic mass is 32.1. The van der Waals surface area contributed by atoms with Gasteiger partial charge in [0, 0.05) is 42.6 Å². The van der Waals surface area contributed by atoms with E-state index in [-0.39, 0.29) is 0 Å². The van der Waals surface area contributed by atoms with E-state index in [1.165, 1.54) is 41.5 Å². The molecular formula is C21H24N4OS. The van der Waals surface area contributed by atoms with Crippen LogP contribution < -0.4 is 5.32 Å². The second kappa shape index (κ2) is 7.52. The third-order valence-electron chi connectivity index (χ3n) is 5.29. The Balaban J connectivity index is 1.38. The molecule has 3 aromatic rings. The Morgan fingerprint density at radius 3 is 3.04 bits per heavy atom. The van der Waals surface area contributed by atoms with E-state index in [0.29, 0.717) is 0 Å². The van der Waals surface area contributed by atoms with Crippen molar-refractivity contribution in [2.24, 2.45) is 5.92 Å². The van der Waals surface area contributed by atoms with Gasteiger partial charge < -0.3 is 10.1 Å². The van der Waals surface area contributed by atoms with Crippen LogP contribution >= 0.6 is 11.3 Å². The topological polar surface area (TPSA) is 59.9 Å². The Bertz CT molecular complexity index is 936. The number of nitrogens with zero attached hydrogens (tertiary/aromatic N) is 3. The summed E-state index contributed by atoms with van der Waals surface area (Å²) in [6.07, 6.45) is 10.9. The number of thiophene rings is 1. The molecule has 3 heterocycles. The van der Waals surface area contributed by atoms with Gasteiger partial charge in [-0.1, -0.05) is 0 Å². The predicted molar refractivity (Wildman–Crippen MR) is 109 cm³/mol. The lowest BCUT2D eigenvalue weighted by molar-refractivity contribution is 0.124. The number of pyridine rings is 1. The molecule has 5 rings (SSSR count). The van der Waals surface area contributed by atoms with E-state index in [9.17, 15) is 0 Å². The summed E-state index contributed by atoms with van der Waals surface area (Å²) < 4.78 is 5.76. The normalized spacial score (nSPS) is 16.0. The number of aromatic nitrogens is 3. The maximum atomic E-state index is 5.76. The summed E-state index contributed by atoms with van der Waals surface area (Å²) in [5.74, 6) is 2.55. The maximum Gasteiger partial charge on any atom is 0.164 e. The van der Waals surface area contributed by atoms with Crippen LogP contribution in [0.5, 0.6) is 0 Å². The summed E-state index contributed by atoms with van der Waals surface area (Å²) in [7, 11) is 0. The molecule has 0 saturated heterocycles. The summed E-state index contributed by atoms with van der Waals surface area (Å²) in [5, 5.41) is 4.81. The van der Waals surface area contributed by atoms with Crippen molar-refractivity contribution in [1.29, 1.82) is 0 Å². The van der Waals surface area contributed by atoms with E-state index >= 15 is 0 Å². The van der Waals surface area contributed by atoms with E-state index in [1.807, 2.05) is 29.7 Å². The Hall–Kier alpha value is -2.05. The number of anilines is 1. The third-order valence-corrected chi connectivity index (χ3v) is 6.48. The van der Waals surface area contributed by atoms with Gasteiger partial charge in [0.2, 0.25) is 0 Å². The minimum atomic E-state index is 0.753. The fourth-order valence-electron chi connectivity index (χ4n) is 3.66. The van der Waals surface area contributed by atoms with Crippen molar-refractivity contribution in [1.82, 2.24) is 15.0 Å². The highest BCUT2D eigenvalue weighted by Crippen LogP contribution is 2.40. The minimum Gasteiger partial charge on any atom is -0.381 e. The lowest BCUT2D eigenvalue weighted by atomic mass is 10.1. The SMILES string of the molecule is c1cncc(-c2nc(NCCCOCC3CC3)c3c4c(sc3n2)CCC4)c1. The summed E-state index contributed by atoms with van der Waals surface area (Å²) in [5.41, 5.74) is 2.42. The van der Waals surface area contributed by atoms with Crippen LogP contribution in [-0.2, 0) is 17.6 Å². The monoisotopic (exact) mass is 380 g/mol. The number of rotatable bonds is 8. The molecule has 0 bridgehead atoms. The molecule has 0 aromatic carbocycles. The van der Waals surface area contributed by atoms with Crippen LogP contribution in [-0.4, -0.2) is 34.7 Å². The van der Waals surface area contributed by atoms with Gasteiger partial charge >= 0.3 is 0 Å². The third kappa shape index (κ3) is 3.69. The summed E-state index contributed by atoms with van der Waals surface area (Å²) >= 11 is 1.83. The molecule has 0 spiro atoms. The lowest BCUT2D eigenvalue weighted by Crippen LogP contribution is -2.09. The molecule has 1 saturated carbocycles. The molecule has 27 heavy (non-hydrogen) atoms. The highest BCUT2D eigenvalue weighted by Gasteiger charge is 2.23. The van der Waals surface area contributed by atoms with Gasteiger partial charge in [-0.15, -0.1) is 11.3 Å². The van der Waals surface area contributed by atoms with Gasteiger partial charge in [0.25, 0.3) is 0 Å². The van der Waals surface area contributed by atoms with Crippen LogP contribution in [0.15, 0.2) is 24.5 Å². The number of hydrogen-bond donors (Lipinski definition) is 1. The van der Waals surface area contributed by atoms with Crippen LogP contribution in [0.3, 0.4) is 0 Å². The van der Waals surface area contributed by atoms with Crippen molar-refractivity contribution in [3.63, 3.8) is 0 Å². The Morgan fingerprint density at radius 2 is 2.19 bits per heavy atom. The molecule has 5 nitrogen and oxygen atoms in total. The standard InChI is InChI=1S/C21H24N4OS/c1-5-16-17(6-1)27-21-18(16)20(23-10-3-11-26-13-14-7-8-14)24-19(25-21)15-4-2-9-22-12-15/h2,4,9,12,14H,1,3,5-8,10-11,13H2,(H,23,24,25). The Kier molecular flexibility index (Phi) is 4.76. The van der Waals surface area contributed by atoms with Crippen LogP contribution in [0.4, 0.5) is 5.82 Å². The maximum absolute atomic E-state index is 5.76. The number of nitrogens with one attached hydrogen (secondary N) is 1. The molecule has 2 aliphatic carbocycles. The smallest absolute Gasteiger partial charge is 0.164 e. The second-order valence-electron chi connectivity index (χ2n) is 7.47. The van der Waals surface area contributed by atoms with Gasteiger partial charge in [-0.25, -0.2) is 9.97 Å². The number of hydrogen-bond acceptors (Lipinski definition) is 6. The lowest BCUT2D eigenvalue weighted by Gasteiger charge is -2.10. The average Bonchev–Trinajstić information content (AvgIpc) is 3.30. The van der Waals surface area contributed by atoms with Crippen molar-refractivity contribution in [2.75, 3.05) is 25.1 Å². The van der Waals surface area contributed by atoms with Gasteiger partial charge in [0.15, 0.2) is 5.82 Å². The molecule has 0 amide bonds. The summed E-state index contributed by atoms with van der Waals surface area (Å²) in [4.78, 5) is 16.5. The Labute approximate surface area is 163 Å². The molecule has 3 aromatic heterocycles. The van der Waals surface area contributed by atoms with Crippen molar-refractivity contribution in [3.8, 4) is 11.4 Å². The van der Waals surface area contributed by atoms with Crippen molar-refractivity contribution < 1.29 is 4.74 Å². The number of fused-ring (bicyclic) bond motifs is 3. The fourth-order valence-corrected chi connectivity index (χ4v) is 4.92. The first kappa shape index (κ1) is 17.1. The average molecular weight is 381 g/mol. The van der Waals surface area contributed by atoms with E-state index in [2.05, 4.69) is 10.3 Å². The Morgan fingerprint density at radius 1 is 1.22 bits per heavy atom. The minimum absolute atomic E-state index is 0.753. The van der Waals surface area contributed by atoms with E-state index in [4.69, 9.17) is 14.7 Å². The van der Waals surface area contributed by atoms with Crippen molar-refractivity contribution >= 4 is 27.4 Å². The quantitative estimate of drug-likeness (QED) is 0.584. The molecule has 0 atom stereocenters. The summed E-state index contributed by atoms with van der Waals surface area (Å²) in [6, 6.07) is 3.95. The zero-order valence-electron chi connectivity index (χ0n) is 15.4. The predicted octanol–water partition coefficient (Wildman–Crippen LogP) is 4.47. The second-order valence-corrected chi connectivity index (χ2v) is 8.56. The molecule has 0 radical (unpaired) electrons. The number of aryl methyl sites for hydroxylation is 2. The fraction of sp³-hybridized carbons (Fsp3) is 0.476. The zero-order chi connectivity index (χ0) is 18.1. The molecule has 6 heteroatoms. The van der Waals surface area contributed by atoms with Gasteiger partial charge in [-0.2, -0.15) is 0 Å². The van der Waals surface area contributed by atoms with E-state index in [0.717, 1.165) is 60.6 Å². The van der Waals surface area contributed by atoms with Crippen molar-refractivity contribution in [3.05, 3.63) is 35.0 Å². The van der Waals surface area contributed by atoms with Gasteiger partial charge in [0.1, 0.15) is 10.6 Å². The molecule has 140 valence electrons. The van der Waals surface area contributed by atoms with E-state index < -0.39 is 0 Å². The van der Waals surface area contributed by atoms with Gasteiger partial charge in [0.05, 0.1) is 5.39 Å². The number of ether oxygens (including phenoxy) is 1. The van der Waals surface area contributed by atoms with E-state index in [1.54, 1.807) is 6.20 Å². The van der Waals surface area contributed by atoms with Crippen LogP contribution in [0.1, 0.15) is 36.1 Å². The van der Waals surface area contributed by atoms with Gasteiger partial charge in [-0.3, -0.25) is 4.98 Å². The molecule has 2 aliphatic rings. The zero-order valence-corrected chi connectivity index (χ0v) is 16.2. The molecular weight excluding hydrogens is 356 g/mol. The van der Waals surface area contributed by atoms with Crippen LogP contribution in [0.2, 0.25) is 0 Å². The highest BCUT2D eigenvalue weighted by molar-refractivity contribution is 7.19. The first-order chi connectivity index (χ1) is 13.4. The van der Waals surface area contributed by atoms with Crippen molar-refractivity contribution in [2.45, 2.75) is 38.5 Å². The first-order valence-corrected chi connectivity index (χ1v) is 10.7. The molecule has 0 unspecified atom stereocenters. The molecule has 1 N–H and O–H groups in total. The summed E-state index contributed by atoms with van der Waals surface area (Å²) in [6.45, 7) is 2.61. The van der Waals surface area contributed by atoms with Crippen LogP contribution in [0, 0.1) is 5.92 Å². The molecule has 0 aliphatic heterocycles. The molecule has 1 fully saturated rings. The van der Waals surface area contributed by atoms with Gasteiger partial charge in [-0.05, 0) is 62.1 Å².